The lowest BCUT2D eigenvalue weighted by Crippen LogP contribution is -3.13. The maximum Gasteiger partial charge on any atom is 0.158 e. The fraction of sp³-hybridized carbons (Fsp3) is 1.00. The van der Waals surface area contributed by atoms with Crippen LogP contribution in [0.15, 0.2) is 0 Å². The topological polar surface area (TPSA) is 22.9 Å². The van der Waals surface area contributed by atoms with Crippen LogP contribution in [-0.4, -0.2) is 38.6 Å². The summed E-state index contributed by atoms with van der Waals surface area (Å²) in [5.41, 5.74) is 0.506. The highest BCUT2D eigenvalue weighted by molar-refractivity contribution is 5.01. The summed E-state index contributed by atoms with van der Waals surface area (Å²) in [4.78, 5) is 1.74. The molecule has 0 aromatic rings. The highest BCUT2D eigenvalue weighted by Gasteiger charge is 2.53. The smallest absolute Gasteiger partial charge is 0.158 e. The number of quaternary nitrogens is 1. The van der Waals surface area contributed by atoms with Gasteiger partial charge in [-0.05, 0) is 61.7 Å². The first kappa shape index (κ1) is 15.4. The molecule has 0 radical (unpaired) electrons. The van der Waals surface area contributed by atoms with E-state index in [1.54, 1.807) is 4.90 Å². The van der Waals surface area contributed by atoms with E-state index in [1.807, 2.05) is 0 Å². The van der Waals surface area contributed by atoms with Crippen molar-refractivity contribution in [2.75, 3.05) is 26.2 Å². The van der Waals surface area contributed by atoms with Crippen LogP contribution >= 0.6 is 0 Å². The summed E-state index contributed by atoms with van der Waals surface area (Å²) in [5.74, 6) is 2.72. The van der Waals surface area contributed by atoms with Gasteiger partial charge in [-0.3, -0.25) is 0 Å². The summed E-state index contributed by atoms with van der Waals surface area (Å²) >= 11 is 0. The number of fused-ring (bicyclic) bond motifs is 2. The Morgan fingerprint density at radius 2 is 1.91 bits per heavy atom. The minimum atomic E-state index is 0.0813. The molecule has 0 unspecified atom stereocenters. The molecule has 3 nitrogen and oxygen atoms in total. The van der Waals surface area contributed by atoms with Crippen LogP contribution in [0.1, 0.15) is 58.8 Å². The molecule has 22 heavy (non-hydrogen) atoms. The molecule has 2 saturated heterocycles. The third-order valence-corrected chi connectivity index (χ3v) is 7.39. The largest absolute Gasteiger partial charge is 0.350 e. The molecule has 2 heterocycles. The van der Waals surface area contributed by atoms with Crippen molar-refractivity contribution in [3.8, 4) is 0 Å². The van der Waals surface area contributed by atoms with Gasteiger partial charge < -0.3 is 14.4 Å². The maximum atomic E-state index is 6.28. The minimum absolute atomic E-state index is 0.0813. The standard InChI is InChI=1S/C19H33NO2/c1-19(2)15-7-6-14(10-15)17(19)11-18-21-13-16(22-18)12-20-8-4-3-5-9-20/h14-18H,3-13H2,1-2H3/p+1/t14-,15+,16+,17+,18-/m1/s1. The Morgan fingerprint density at radius 3 is 2.64 bits per heavy atom. The Kier molecular flexibility index (Phi) is 4.25. The van der Waals surface area contributed by atoms with E-state index in [9.17, 15) is 0 Å². The van der Waals surface area contributed by atoms with Crippen molar-refractivity contribution in [1.29, 1.82) is 0 Å². The van der Waals surface area contributed by atoms with E-state index in [4.69, 9.17) is 9.47 Å². The first-order valence-corrected chi connectivity index (χ1v) is 9.73. The fourth-order valence-corrected chi connectivity index (χ4v) is 5.99. The van der Waals surface area contributed by atoms with Crippen LogP contribution in [0.25, 0.3) is 0 Å². The number of rotatable bonds is 4. The zero-order valence-electron chi connectivity index (χ0n) is 14.5. The van der Waals surface area contributed by atoms with Crippen molar-refractivity contribution < 1.29 is 14.4 Å². The molecule has 4 rings (SSSR count). The zero-order valence-corrected chi connectivity index (χ0v) is 14.5. The van der Waals surface area contributed by atoms with Crippen molar-refractivity contribution >= 4 is 0 Å². The van der Waals surface area contributed by atoms with E-state index in [1.165, 1.54) is 51.6 Å². The molecule has 5 atom stereocenters. The van der Waals surface area contributed by atoms with Crippen LogP contribution in [-0.2, 0) is 9.47 Å². The van der Waals surface area contributed by atoms with Crippen molar-refractivity contribution in [3.63, 3.8) is 0 Å². The molecule has 0 aromatic carbocycles. The molecule has 4 fully saturated rings. The van der Waals surface area contributed by atoms with Gasteiger partial charge in [-0.25, -0.2) is 0 Å². The van der Waals surface area contributed by atoms with Gasteiger partial charge in [0.25, 0.3) is 0 Å². The SMILES string of the molecule is CC1(C)[C@H]2CC[C@H](C2)[C@@H]1C[C@@H]1OC[C@H](C[NH+]2CCCCC2)O1. The van der Waals surface area contributed by atoms with E-state index >= 15 is 0 Å². The van der Waals surface area contributed by atoms with Crippen LogP contribution in [0.5, 0.6) is 0 Å². The molecular weight excluding hydrogens is 274 g/mol. The van der Waals surface area contributed by atoms with Crippen molar-refractivity contribution in [2.24, 2.45) is 23.2 Å². The van der Waals surface area contributed by atoms with Crippen LogP contribution in [0.2, 0.25) is 0 Å². The number of ether oxygens (including phenoxy) is 2. The van der Waals surface area contributed by atoms with E-state index in [0.29, 0.717) is 11.5 Å². The molecule has 1 N–H and O–H groups in total. The summed E-state index contributed by atoms with van der Waals surface area (Å²) < 4.78 is 12.3. The van der Waals surface area contributed by atoms with Crippen molar-refractivity contribution in [2.45, 2.75) is 71.2 Å². The minimum Gasteiger partial charge on any atom is -0.350 e. The second-order valence-electron chi connectivity index (χ2n) is 8.97. The lowest BCUT2D eigenvalue weighted by Gasteiger charge is -2.39. The molecule has 0 spiro atoms. The highest BCUT2D eigenvalue weighted by atomic mass is 16.7. The van der Waals surface area contributed by atoms with E-state index in [2.05, 4.69) is 13.8 Å². The van der Waals surface area contributed by atoms with Gasteiger partial charge in [0.15, 0.2) is 6.29 Å². The van der Waals surface area contributed by atoms with Gasteiger partial charge in [0.05, 0.1) is 19.7 Å². The molecular formula is C19H34NO2+. The molecule has 2 bridgehead atoms. The third kappa shape index (κ3) is 2.85. The summed E-state index contributed by atoms with van der Waals surface area (Å²) in [6, 6.07) is 0. The number of nitrogens with one attached hydrogen (secondary N) is 1. The van der Waals surface area contributed by atoms with Gasteiger partial charge >= 0.3 is 0 Å². The van der Waals surface area contributed by atoms with E-state index in [0.717, 1.165) is 37.3 Å². The predicted octanol–water partition coefficient (Wildman–Crippen LogP) is 2.26. The summed E-state index contributed by atoms with van der Waals surface area (Å²) in [6.45, 7) is 9.65. The van der Waals surface area contributed by atoms with Gasteiger partial charge in [0.2, 0.25) is 0 Å². The number of piperidine rings is 1. The molecule has 126 valence electrons. The molecule has 2 aliphatic heterocycles. The summed E-state index contributed by atoms with van der Waals surface area (Å²) in [7, 11) is 0. The normalized spacial score (nSPS) is 44.7. The van der Waals surface area contributed by atoms with Gasteiger partial charge in [0, 0.05) is 6.42 Å². The summed E-state index contributed by atoms with van der Waals surface area (Å²) in [5, 5.41) is 0. The number of hydrogen-bond acceptors (Lipinski definition) is 2. The molecule has 3 heteroatoms. The Balaban J connectivity index is 1.28. The Hall–Kier alpha value is -0.120. The average Bonchev–Trinajstić information content (AvgIpc) is 3.19. The second kappa shape index (κ2) is 6.07. The fourth-order valence-electron chi connectivity index (χ4n) is 5.99. The van der Waals surface area contributed by atoms with Gasteiger partial charge in [-0.1, -0.05) is 13.8 Å². The van der Waals surface area contributed by atoms with Gasteiger partial charge in [-0.2, -0.15) is 0 Å². The van der Waals surface area contributed by atoms with Gasteiger partial charge in [0.1, 0.15) is 12.6 Å². The van der Waals surface area contributed by atoms with Crippen molar-refractivity contribution in [1.82, 2.24) is 0 Å². The maximum absolute atomic E-state index is 6.28. The Labute approximate surface area is 135 Å². The van der Waals surface area contributed by atoms with Gasteiger partial charge in [-0.15, -0.1) is 0 Å². The van der Waals surface area contributed by atoms with E-state index < -0.39 is 0 Å². The summed E-state index contributed by atoms with van der Waals surface area (Å²) in [6.07, 6.45) is 10.2. The first-order valence-electron chi connectivity index (χ1n) is 9.73. The van der Waals surface area contributed by atoms with Crippen LogP contribution < -0.4 is 4.90 Å². The van der Waals surface area contributed by atoms with E-state index in [-0.39, 0.29) is 6.29 Å². The van der Waals surface area contributed by atoms with Crippen LogP contribution in [0.3, 0.4) is 0 Å². The number of hydrogen-bond donors (Lipinski definition) is 1. The monoisotopic (exact) mass is 308 g/mol. The Morgan fingerprint density at radius 1 is 1.09 bits per heavy atom. The molecule has 2 saturated carbocycles. The first-order chi connectivity index (χ1) is 10.6. The highest BCUT2D eigenvalue weighted by Crippen LogP contribution is 2.60. The van der Waals surface area contributed by atoms with Crippen molar-refractivity contribution in [3.05, 3.63) is 0 Å². The molecule has 2 aliphatic carbocycles. The lowest BCUT2D eigenvalue weighted by atomic mass is 9.67. The quantitative estimate of drug-likeness (QED) is 0.861. The second-order valence-corrected chi connectivity index (χ2v) is 8.97. The predicted molar refractivity (Wildman–Crippen MR) is 86.7 cm³/mol. The molecule has 0 amide bonds. The Bertz CT molecular complexity index is 391. The zero-order chi connectivity index (χ0) is 15.2. The lowest BCUT2D eigenvalue weighted by molar-refractivity contribution is -0.907. The molecule has 4 aliphatic rings. The number of likely N-dealkylation sites (tertiary alicyclic amines) is 1. The van der Waals surface area contributed by atoms with Crippen LogP contribution in [0.4, 0.5) is 0 Å². The van der Waals surface area contributed by atoms with Crippen LogP contribution in [0, 0.1) is 23.2 Å². The molecule has 0 aromatic heterocycles. The third-order valence-electron chi connectivity index (χ3n) is 7.39. The average molecular weight is 308 g/mol.